The van der Waals surface area contributed by atoms with E-state index in [1.165, 1.54) is 32.4 Å². The van der Waals surface area contributed by atoms with E-state index in [-0.39, 0.29) is 6.10 Å². The Morgan fingerprint density at radius 2 is 2.04 bits per heavy atom. The summed E-state index contributed by atoms with van der Waals surface area (Å²) in [5.74, 6) is 3.21. The van der Waals surface area contributed by atoms with E-state index in [1.807, 2.05) is 24.3 Å². The number of likely N-dealkylation sites (tertiary alicyclic amines) is 1. The number of benzene rings is 1. The molecule has 2 unspecified atom stereocenters. The minimum atomic E-state index is -0.00871. The highest BCUT2D eigenvalue weighted by Gasteiger charge is 2.34. The molecule has 2 atom stereocenters. The Bertz CT molecular complexity index is 632. The molecule has 0 aromatic heterocycles. The van der Waals surface area contributed by atoms with E-state index >= 15 is 0 Å². The molecule has 6 nitrogen and oxygen atoms in total. The molecule has 2 aliphatic heterocycles. The Labute approximate surface area is 156 Å². The fraction of sp³-hybridized carbons (Fsp3) is 0.650. The molecular formula is C20H30N4O2. The molecule has 0 spiro atoms. The summed E-state index contributed by atoms with van der Waals surface area (Å²) >= 11 is 0. The molecule has 1 aromatic rings. The van der Waals surface area contributed by atoms with Gasteiger partial charge in [0, 0.05) is 25.7 Å². The molecule has 1 saturated carbocycles. The van der Waals surface area contributed by atoms with Crippen LogP contribution in [0.3, 0.4) is 0 Å². The summed E-state index contributed by atoms with van der Waals surface area (Å²) in [5, 5.41) is 6.75. The van der Waals surface area contributed by atoms with Crippen LogP contribution < -0.4 is 20.1 Å². The summed E-state index contributed by atoms with van der Waals surface area (Å²) in [4.78, 5) is 7.45. The zero-order chi connectivity index (χ0) is 17.8. The molecule has 0 bridgehead atoms. The predicted molar refractivity (Wildman–Crippen MR) is 103 cm³/mol. The monoisotopic (exact) mass is 358 g/mol. The second-order valence-corrected chi connectivity index (χ2v) is 7.48. The second kappa shape index (κ2) is 8.16. The number of nitrogens with one attached hydrogen (secondary N) is 2. The Morgan fingerprint density at radius 3 is 2.85 bits per heavy atom. The summed E-state index contributed by atoms with van der Waals surface area (Å²) in [5.41, 5.74) is 0. The molecule has 1 saturated heterocycles. The van der Waals surface area contributed by atoms with Gasteiger partial charge in [0.05, 0.1) is 6.54 Å². The van der Waals surface area contributed by atoms with Gasteiger partial charge in [-0.15, -0.1) is 0 Å². The lowest BCUT2D eigenvalue weighted by atomic mass is 10.1. The molecule has 2 fully saturated rings. The van der Waals surface area contributed by atoms with Gasteiger partial charge < -0.3 is 25.0 Å². The van der Waals surface area contributed by atoms with E-state index in [0.29, 0.717) is 19.1 Å². The maximum Gasteiger partial charge on any atom is 0.191 e. The van der Waals surface area contributed by atoms with Crippen molar-refractivity contribution in [1.82, 2.24) is 15.5 Å². The maximum atomic E-state index is 6.01. The summed E-state index contributed by atoms with van der Waals surface area (Å²) in [7, 11) is 0. The molecular weight excluding hydrogens is 328 g/mol. The Morgan fingerprint density at radius 1 is 1.19 bits per heavy atom. The fourth-order valence-corrected chi connectivity index (χ4v) is 3.72. The van der Waals surface area contributed by atoms with Crippen LogP contribution in [0, 0.1) is 5.92 Å². The van der Waals surface area contributed by atoms with E-state index in [2.05, 4.69) is 22.5 Å². The summed E-state index contributed by atoms with van der Waals surface area (Å²) in [6, 6.07) is 8.70. The molecule has 0 amide bonds. The van der Waals surface area contributed by atoms with Gasteiger partial charge in [0.1, 0.15) is 12.7 Å². The smallest absolute Gasteiger partial charge is 0.191 e. The van der Waals surface area contributed by atoms with E-state index in [9.17, 15) is 0 Å². The van der Waals surface area contributed by atoms with E-state index in [4.69, 9.17) is 14.5 Å². The normalized spacial score (nSPS) is 26.0. The number of para-hydroxylation sites is 2. The SMILES string of the molecule is CCNC(=NCC1CCN(C2CC2)C1)NCC1COc2ccccc2O1. The largest absolute Gasteiger partial charge is 0.486 e. The van der Waals surface area contributed by atoms with Crippen LogP contribution in [0.2, 0.25) is 0 Å². The van der Waals surface area contributed by atoms with Gasteiger partial charge >= 0.3 is 0 Å². The van der Waals surface area contributed by atoms with Gasteiger partial charge in [0.25, 0.3) is 0 Å². The Kier molecular flexibility index (Phi) is 5.48. The number of rotatable bonds is 6. The molecule has 1 aliphatic carbocycles. The second-order valence-electron chi connectivity index (χ2n) is 7.48. The van der Waals surface area contributed by atoms with Crippen molar-refractivity contribution in [2.45, 2.75) is 38.3 Å². The predicted octanol–water partition coefficient (Wildman–Crippen LogP) is 1.87. The average molecular weight is 358 g/mol. The molecule has 2 N–H and O–H groups in total. The molecule has 1 aromatic carbocycles. The summed E-state index contributed by atoms with van der Waals surface area (Å²) in [6.45, 7) is 7.55. The van der Waals surface area contributed by atoms with Crippen molar-refractivity contribution in [3.63, 3.8) is 0 Å². The van der Waals surface area contributed by atoms with Gasteiger partial charge in [-0.25, -0.2) is 0 Å². The number of hydrogen-bond acceptors (Lipinski definition) is 4. The van der Waals surface area contributed by atoms with Crippen LogP contribution in [-0.4, -0.2) is 62.3 Å². The summed E-state index contributed by atoms with van der Waals surface area (Å²) in [6.07, 6.45) is 4.06. The first-order valence-electron chi connectivity index (χ1n) is 9.96. The first kappa shape index (κ1) is 17.5. The zero-order valence-corrected chi connectivity index (χ0v) is 15.6. The molecule has 0 radical (unpaired) electrons. The van der Waals surface area contributed by atoms with Crippen LogP contribution in [0.25, 0.3) is 0 Å². The van der Waals surface area contributed by atoms with Crippen molar-refractivity contribution in [1.29, 1.82) is 0 Å². The molecule has 4 rings (SSSR count). The van der Waals surface area contributed by atoms with Crippen LogP contribution in [0.1, 0.15) is 26.2 Å². The van der Waals surface area contributed by atoms with E-state index in [0.717, 1.165) is 36.6 Å². The minimum Gasteiger partial charge on any atom is -0.486 e. The highest BCUT2D eigenvalue weighted by atomic mass is 16.6. The lowest BCUT2D eigenvalue weighted by Crippen LogP contribution is -2.45. The van der Waals surface area contributed by atoms with Crippen molar-refractivity contribution in [3.8, 4) is 11.5 Å². The van der Waals surface area contributed by atoms with Crippen LogP contribution in [0.15, 0.2) is 29.3 Å². The van der Waals surface area contributed by atoms with Crippen molar-refractivity contribution in [2.24, 2.45) is 10.9 Å². The topological polar surface area (TPSA) is 58.1 Å². The van der Waals surface area contributed by atoms with Crippen molar-refractivity contribution in [2.75, 3.05) is 39.3 Å². The van der Waals surface area contributed by atoms with Crippen molar-refractivity contribution < 1.29 is 9.47 Å². The fourth-order valence-electron chi connectivity index (χ4n) is 3.72. The number of fused-ring (bicyclic) bond motifs is 1. The molecule has 2 heterocycles. The molecule has 6 heteroatoms. The molecule has 142 valence electrons. The van der Waals surface area contributed by atoms with Crippen LogP contribution >= 0.6 is 0 Å². The van der Waals surface area contributed by atoms with Crippen LogP contribution in [0.4, 0.5) is 0 Å². The number of hydrogen-bond donors (Lipinski definition) is 2. The third kappa shape index (κ3) is 4.41. The molecule has 26 heavy (non-hydrogen) atoms. The number of nitrogens with zero attached hydrogens (tertiary/aromatic N) is 2. The van der Waals surface area contributed by atoms with E-state index < -0.39 is 0 Å². The first-order valence-corrected chi connectivity index (χ1v) is 9.96. The maximum absolute atomic E-state index is 6.01. The van der Waals surface area contributed by atoms with Gasteiger partial charge in [-0.1, -0.05) is 12.1 Å². The van der Waals surface area contributed by atoms with Gasteiger partial charge in [-0.2, -0.15) is 0 Å². The third-order valence-electron chi connectivity index (χ3n) is 5.30. The van der Waals surface area contributed by atoms with Crippen molar-refractivity contribution in [3.05, 3.63) is 24.3 Å². The van der Waals surface area contributed by atoms with Crippen LogP contribution in [-0.2, 0) is 0 Å². The first-order chi connectivity index (χ1) is 12.8. The third-order valence-corrected chi connectivity index (χ3v) is 5.30. The Balaban J connectivity index is 1.25. The lowest BCUT2D eigenvalue weighted by Gasteiger charge is -2.27. The van der Waals surface area contributed by atoms with Crippen molar-refractivity contribution >= 4 is 5.96 Å². The standard InChI is InChI=1S/C20H30N4O2/c1-2-21-20(22-11-15-9-10-24(13-15)16-7-8-16)23-12-17-14-25-18-5-3-4-6-19(18)26-17/h3-6,15-17H,2,7-14H2,1H3,(H2,21,22,23). The average Bonchev–Trinajstić information content (AvgIpc) is 3.42. The van der Waals surface area contributed by atoms with Crippen LogP contribution in [0.5, 0.6) is 11.5 Å². The lowest BCUT2D eigenvalue weighted by molar-refractivity contribution is 0.0936. The van der Waals surface area contributed by atoms with E-state index in [1.54, 1.807) is 0 Å². The number of guanidine groups is 1. The van der Waals surface area contributed by atoms with Gasteiger partial charge in [-0.05, 0) is 50.8 Å². The van der Waals surface area contributed by atoms with Gasteiger partial charge in [-0.3, -0.25) is 4.99 Å². The van der Waals surface area contributed by atoms with Gasteiger partial charge in [0.15, 0.2) is 17.5 Å². The number of ether oxygens (including phenoxy) is 2. The minimum absolute atomic E-state index is 0.00871. The summed E-state index contributed by atoms with van der Waals surface area (Å²) < 4.78 is 11.8. The molecule has 3 aliphatic rings. The quantitative estimate of drug-likeness (QED) is 0.601. The zero-order valence-electron chi connectivity index (χ0n) is 15.6. The number of aliphatic imine (C=N–C) groups is 1. The van der Waals surface area contributed by atoms with Gasteiger partial charge in [0.2, 0.25) is 0 Å². The highest BCUT2D eigenvalue weighted by Crippen LogP contribution is 2.32. The highest BCUT2D eigenvalue weighted by molar-refractivity contribution is 5.79. The Hall–Kier alpha value is -1.95.